The lowest BCUT2D eigenvalue weighted by atomic mass is 10.1. The van der Waals surface area contributed by atoms with Gasteiger partial charge in [-0.1, -0.05) is 30.7 Å². The second-order valence-corrected chi connectivity index (χ2v) is 6.25. The Balaban J connectivity index is 2.06. The van der Waals surface area contributed by atoms with Crippen molar-refractivity contribution in [2.24, 2.45) is 0 Å². The van der Waals surface area contributed by atoms with Gasteiger partial charge < -0.3 is 14.2 Å². The molecule has 0 aliphatic carbocycles. The molecule has 0 aromatic heterocycles. The van der Waals surface area contributed by atoms with Crippen LogP contribution in [0.1, 0.15) is 32.0 Å². The fraction of sp³-hybridized carbons (Fsp3) is 0.350. The van der Waals surface area contributed by atoms with E-state index in [2.05, 4.69) is 9.47 Å². The van der Waals surface area contributed by atoms with Gasteiger partial charge in [0.1, 0.15) is 11.5 Å². The molecule has 0 aliphatic rings. The molecule has 0 fully saturated rings. The topological polar surface area (TPSA) is 44.8 Å². The van der Waals surface area contributed by atoms with Crippen molar-refractivity contribution in [1.82, 2.24) is 0 Å². The van der Waals surface area contributed by atoms with Crippen LogP contribution in [0.3, 0.4) is 0 Å². The fourth-order valence-electron chi connectivity index (χ4n) is 2.32. The van der Waals surface area contributed by atoms with Gasteiger partial charge in [-0.15, -0.1) is 0 Å². The number of carbonyl (C=O) groups is 1. The van der Waals surface area contributed by atoms with Gasteiger partial charge in [-0.05, 0) is 55.3 Å². The summed E-state index contributed by atoms with van der Waals surface area (Å²) in [4.78, 5) is 11.6. The predicted octanol–water partition coefficient (Wildman–Crippen LogP) is 6.09. The maximum atomic E-state index is 14.4. The summed E-state index contributed by atoms with van der Waals surface area (Å²) in [6.07, 6.45) is -8.60. The number of rotatable bonds is 9. The summed E-state index contributed by atoms with van der Waals surface area (Å²) < 4.78 is 57.4. The second-order valence-electron chi connectivity index (χ2n) is 5.82. The highest BCUT2D eigenvalue weighted by Gasteiger charge is 2.46. The molecule has 0 radical (unpaired) electrons. The van der Waals surface area contributed by atoms with Crippen LogP contribution in [0.25, 0.3) is 0 Å². The van der Waals surface area contributed by atoms with Crippen LogP contribution in [0.5, 0.6) is 11.5 Å². The number of alkyl halides is 3. The molecule has 0 aliphatic heterocycles. The molecule has 0 bridgehead atoms. The van der Waals surface area contributed by atoms with Crippen molar-refractivity contribution in [1.29, 1.82) is 0 Å². The summed E-state index contributed by atoms with van der Waals surface area (Å²) in [7, 11) is 0. The first-order valence-corrected chi connectivity index (χ1v) is 9.04. The summed E-state index contributed by atoms with van der Waals surface area (Å²) in [5, 5.41) is 0.540. The molecule has 8 heteroatoms. The van der Waals surface area contributed by atoms with Gasteiger partial charge in [0.25, 0.3) is 0 Å². The SMILES string of the molecule is CCOC(=O)C(CC)OC(F)(F)C(F)c1ccc(Oc2ccc(Cl)cc2)cc1. The number of halogens is 4. The van der Waals surface area contributed by atoms with Crippen molar-refractivity contribution in [3.05, 3.63) is 59.1 Å². The maximum absolute atomic E-state index is 14.4. The van der Waals surface area contributed by atoms with Gasteiger partial charge >= 0.3 is 12.1 Å². The molecule has 0 amide bonds. The van der Waals surface area contributed by atoms with Gasteiger partial charge in [-0.3, -0.25) is 0 Å². The van der Waals surface area contributed by atoms with E-state index >= 15 is 0 Å². The Kier molecular flexibility index (Phi) is 7.71. The van der Waals surface area contributed by atoms with Crippen molar-refractivity contribution in [2.45, 2.75) is 38.7 Å². The van der Waals surface area contributed by atoms with Crippen molar-refractivity contribution in [2.75, 3.05) is 6.61 Å². The first kappa shape index (κ1) is 22.0. The zero-order valence-corrected chi connectivity index (χ0v) is 16.1. The number of hydrogen-bond acceptors (Lipinski definition) is 4. The molecule has 0 saturated heterocycles. The average molecular weight is 417 g/mol. The van der Waals surface area contributed by atoms with Crippen LogP contribution >= 0.6 is 11.6 Å². The van der Waals surface area contributed by atoms with E-state index in [1.807, 2.05) is 0 Å². The lowest BCUT2D eigenvalue weighted by Crippen LogP contribution is -2.37. The monoisotopic (exact) mass is 416 g/mol. The molecule has 2 aromatic rings. The van der Waals surface area contributed by atoms with Crippen molar-refractivity contribution in [3.63, 3.8) is 0 Å². The number of benzene rings is 2. The Hall–Kier alpha value is -2.25. The van der Waals surface area contributed by atoms with Crippen LogP contribution in [0.2, 0.25) is 5.02 Å². The summed E-state index contributed by atoms with van der Waals surface area (Å²) >= 11 is 5.79. The quantitative estimate of drug-likeness (QED) is 0.464. The first-order valence-electron chi connectivity index (χ1n) is 8.66. The van der Waals surface area contributed by atoms with Gasteiger partial charge in [0.2, 0.25) is 6.17 Å². The molecule has 0 heterocycles. The molecular formula is C20H20ClF3O4. The van der Waals surface area contributed by atoms with E-state index in [1.54, 1.807) is 24.3 Å². The molecule has 0 N–H and O–H groups in total. The zero-order chi connectivity index (χ0) is 20.7. The minimum atomic E-state index is -4.20. The minimum Gasteiger partial charge on any atom is -0.464 e. The van der Waals surface area contributed by atoms with Crippen molar-refractivity contribution in [3.8, 4) is 11.5 Å². The molecule has 2 unspecified atom stereocenters. The second kappa shape index (κ2) is 9.80. The van der Waals surface area contributed by atoms with Gasteiger partial charge in [0.05, 0.1) is 6.61 Å². The van der Waals surface area contributed by atoms with Crippen LogP contribution in [0.15, 0.2) is 48.5 Å². The Bertz CT molecular complexity index is 766. The lowest BCUT2D eigenvalue weighted by molar-refractivity contribution is -0.295. The van der Waals surface area contributed by atoms with E-state index in [0.29, 0.717) is 16.5 Å². The van der Waals surface area contributed by atoms with Crippen LogP contribution in [-0.4, -0.2) is 24.8 Å². The highest BCUT2D eigenvalue weighted by molar-refractivity contribution is 6.30. The third-order valence-corrected chi connectivity index (χ3v) is 3.99. The predicted molar refractivity (Wildman–Crippen MR) is 98.6 cm³/mol. The maximum Gasteiger partial charge on any atom is 0.391 e. The van der Waals surface area contributed by atoms with Crippen LogP contribution in [-0.2, 0) is 14.3 Å². The third kappa shape index (κ3) is 5.87. The number of esters is 1. The van der Waals surface area contributed by atoms with E-state index < -0.39 is 24.4 Å². The third-order valence-electron chi connectivity index (χ3n) is 3.74. The summed E-state index contributed by atoms with van der Waals surface area (Å²) in [5.74, 6) is -0.133. The van der Waals surface area contributed by atoms with Crippen LogP contribution < -0.4 is 4.74 Å². The smallest absolute Gasteiger partial charge is 0.391 e. The Morgan fingerprint density at radius 2 is 1.57 bits per heavy atom. The number of ether oxygens (including phenoxy) is 3. The molecule has 0 saturated carbocycles. The highest BCUT2D eigenvalue weighted by atomic mass is 35.5. The minimum absolute atomic E-state index is 0.0123. The average Bonchev–Trinajstić information content (AvgIpc) is 2.68. The molecule has 2 rings (SSSR count). The summed E-state index contributed by atoms with van der Waals surface area (Å²) in [6, 6.07) is 11.6. The van der Waals surface area contributed by atoms with E-state index in [9.17, 15) is 18.0 Å². The highest BCUT2D eigenvalue weighted by Crippen LogP contribution is 2.38. The van der Waals surface area contributed by atoms with Gasteiger partial charge in [0, 0.05) is 5.02 Å². The Labute approximate surface area is 166 Å². The zero-order valence-electron chi connectivity index (χ0n) is 15.3. The molecule has 2 atom stereocenters. The molecular weight excluding hydrogens is 397 g/mol. The van der Waals surface area contributed by atoms with E-state index in [4.69, 9.17) is 16.3 Å². The first-order chi connectivity index (χ1) is 13.3. The van der Waals surface area contributed by atoms with Crippen LogP contribution in [0, 0.1) is 0 Å². The van der Waals surface area contributed by atoms with E-state index in [-0.39, 0.29) is 18.6 Å². The van der Waals surface area contributed by atoms with E-state index in [1.165, 1.54) is 38.1 Å². The number of hydrogen-bond donors (Lipinski definition) is 0. The molecule has 4 nitrogen and oxygen atoms in total. The molecule has 152 valence electrons. The molecule has 0 spiro atoms. The van der Waals surface area contributed by atoms with E-state index in [0.717, 1.165) is 0 Å². The summed E-state index contributed by atoms with van der Waals surface area (Å²) in [5.41, 5.74) is -0.313. The van der Waals surface area contributed by atoms with Crippen molar-refractivity contribution < 1.29 is 32.2 Å². The summed E-state index contributed by atoms with van der Waals surface area (Å²) in [6.45, 7) is 3.01. The van der Waals surface area contributed by atoms with Gasteiger partial charge in [0.15, 0.2) is 6.10 Å². The Morgan fingerprint density at radius 3 is 2.07 bits per heavy atom. The fourth-order valence-corrected chi connectivity index (χ4v) is 2.45. The molecule has 28 heavy (non-hydrogen) atoms. The van der Waals surface area contributed by atoms with Crippen molar-refractivity contribution >= 4 is 17.6 Å². The Morgan fingerprint density at radius 1 is 1.04 bits per heavy atom. The number of carbonyl (C=O) groups excluding carboxylic acids is 1. The standard InChI is InChI=1S/C20H20ClF3O4/c1-3-17(19(25)26-4-2)28-20(23,24)18(22)13-5-9-15(10-6-13)27-16-11-7-14(21)8-12-16/h5-12,17-18H,3-4H2,1-2H3. The molecule has 2 aromatic carbocycles. The lowest BCUT2D eigenvalue weighted by Gasteiger charge is -2.25. The van der Waals surface area contributed by atoms with Gasteiger partial charge in [-0.2, -0.15) is 8.78 Å². The van der Waals surface area contributed by atoms with Gasteiger partial charge in [-0.25, -0.2) is 9.18 Å². The largest absolute Gasteiger partial charge is 0.464 e. The van der Waals surface area contributed by atoms with Crippen LogP contribution in [0.4, 0.5) is 13.2 Å². The normalized spacial score (nSPS) is 13.6.